The van der Waals surface area contributed by atoms with Crippen molar-refractivity contribution in [2.24, 2.45) is 0 Å². The van der Waals surface area contributed by atoms with E-state index in [4.69, 9.17) is 18.9 Å². The van der Waals surface area contributed by atoms with Crippen molar-refractivity contribution in [2.75, 3.05) is 26.4 Å². The summed E-state index contributed by atoms with van der Waals surface area (Å²) >= 11 is 0. The lowest BCUT2D eigenvalue weighted by Gasteiger charge is -2.39. The second kappa shape index (κ2) is 51.5. The van der Waals surface area contributed by atoms with Crippen LogP contribution in [-0.2, 0) is 23.7 Å². The predicted molar refractivity (Wildman–Crippen MR) is 293 cm³/mol. The van der Waals surface area contributed by atoms with Crippen LogP contribution in [0.3, 0.4) is 0 Å². The average Bonchev–Trinajstić information content (AvgIpc) is 3.36. The Hall–Kier alpha value is -2.37. The standard InChI is InChI=1S/C61H108O9/c1-3-5-7-9-11-13-15-17-19-21-23-25-26-27-28-29-31-33-35-37-39-41-43-45-47-49-51-67-53-55(54-68-61-60(66)59(65)58(64)56(52-62)70-61)69-57(63)50-48-46-44-42-40-38-36-34-32-30-24-22-20-18-16-14-12-10-8-6-4-2/h6,8,12,14-15,17-18,20-21,23-24,30,55-56,58-62,64-66H,3-5,7,9-11,13,16,19,22,25-29,31-54H2,1-2H3/b8-6-,14-12-,17-15-,20-18-,23-21-,30-24-. The molecule has 1 aliphatic heterocycles. The molecule has 0 aromatic carbocycles. The van der Waals surface area contributed by atoms with Gasteiger partial charge in [-0.2, -0.15) is 0 Å². The SMILES string of the molecule is CC/C=C\C/C=C\C/C=C\C/C=C\CCCCCCCCCCC(=O)OC(COCCCCCCCCCCCCCCCC/C=C\C/C=C\CCCCCCC)COC1OC(CO)C(O)C(O)C1O. The Morgan fingerprint density at radius 3 is 1.31 bits per heavy atom. The van der Waals surface area contributed by atoms with Gasteiger partial charge < -0.3 is 39.4 Å². The first-order chi connectivity index (χ1) is 34.4. The molecule has 1 aliphatic rings. The zero-order chi connectivity index (χ0) is 50.6. The topological polar surface area (TPSA) is 135 Å². The van der Waals surface area contributed by atoms with Crippen LogP contribution in [0.5, 0.6) is 0 Å². The molecular weight excluding hydrogens is 877 g/mol. The fourth-order valence-electron chi connectivity index (χ4n) is 8.63. The quantitative estimate of drug-likeness (QED) is 0.0267. The summed E-state index contributed by atoms with van der Waals surface area (Å²) < 4.78 is 23.0. The Kier molecular flexibility index (Phi) is 48.3. The number of aliphatic hydroxyl groups is 4. The number of allylic oxidation sites excluding steroid dienone is 12. The molecule has 1 heterocycles. The van der Waals surface area contributed by atoms with Crippen LogP contribution in [0, 0.1) is 0 Å². The van der Waals surface area contributed by atoms with Gasteiger partial charge in [-0.05, 0) is 83.5 Å². The minimum absolute atomic E-state index is 0.119. The molecule has 4 N–H and O–H groups in total. The van der Waals surface area contributed by atoms with Gasteiger partial charge in [0.25, 0.3) is 0 Å². The Labute approximate surface area is 429 Å². The number of unbranched alkanes of at least 4 members (excludes halogenated alkanes) is 27. The van der Waals surface area contributed by atoms with Crippen molar-refractivity contribution in [1.29, 1.82) is 0 Å². The molecule has 1 saturated heterocycles. The van der Waals surface area contributed by atoms with Gasteiger partial charge in [0.15, 0.2) is 6.29 Å². The monoisotopic (exact) mass is 985 g/mol. The molecule has 406 valence electrons. The molecular formula is C61H108O9. The van der Waals surface area contributed by atoms with Gasteiger partial charge in [-0.3, -0.25) is 4.79 Å². The van der Waals surface area contributed by atoms with E-state index in [9.17, 15) is 25.2 Å². The van der Waals surface area contributed by atoms with E-state index < -0.39 is 43.4 Å². The molecule has 70 heavy (non-hydrogen) atoms. The first-order valence-corrected chi connectivity index (χ1v) is 29.0. The third kappa shape index (κ3) is 41.1. The van der Waals surface area contributed by atoms with Gasteiger partial charge >= 0.3 is 5.97 Å². The Bertz CT molecular complexity index is 1310. The molecule has 9 heteroatoms. The van der Waals surface area contributed by atoms with E-state index >= 15 is 0 Å². The molecule has 9 nitrogen and oxygen atoms in total. The molecule has 0 radical (unpaired) electrons. The Morgan fingerprint density at radius 1 is 0.471 bits per heavy atom. The smallest absolute Gasteiger partial charge is 0.306 e. The van der Waals surface area contributed by atoms with E-state index in [1.165, 1.54) is 154 Å². The van der Waals surface area contributed by atoms with E-state index in [1.807, 2.05) is 0 Å². The van der Waals surface area contributed by atoms with Crippen LogP contribution in [0.4, 0.5) is 0 Å². The summed E-state index contributed by atoms with van der Waals surface area (Å²) in [5.74, 6) is -0.321. The van der Waals surface area contributed by atoms with Gasteiger partial charge in [-0.25, -0.2) is 0 Å². The third-order valence-electron chi connectivity index (χ3n) is 13.1. The molecule has 0 aliphatic carbocycles. The first kappa shape index (κ1) is 65.6. The van der Waals surface area contributed by atoms with Crippen molar-refractivity contribution in [2.45, 2.75) is 282 Å². The maximum absolute atomic E-state index is 12.9. The van der Waals surface area contributed by atoms with Gasteiger partial charge in [0, 0.05) is 13.0 Å². The van der Waals surface area contributed by atoms with Gasteiger partial charge in [0.1, 0.15) is 30.5 Å². The fourth-order valence-corrected chi connectivity index (χ4v) is 8.63. The lowest BCUT2D eigenvalue weighted by atomic mass is 9.99. The number of esters is 1. The summed E-state index contributed by atoms with van der Waals surface area (Å²) in [6.45, 7) is 4.45. The number of hydrogen-bond acceptors (Lipinski definition) is 9. The van der Waals surface area contributed by atoms with E-state index in [1.54, 1.807) is 0 Å². The van der Waals surface area contributed by atoms with Crippen molar-refractivity contribution < 1.29 is 44.2 Å². The molecule has 0 aromatic rings. The van der Waals surface area contributed by atoms with E-state index in [-0.39, 0.29) is 19.2 Å². The molecule has 6 unspecified atom stereocenters. The van der Waals surface area contributed by atoms with Crippen molar-refractivity contribution in [3.8, 4) is 0 Å². The summed E-state index contributed by atoms with van der Waals surface area (Å²) in [5, 5.41) is 40.4. The molecule has 0 amide bonds. The number of aliphatic hydroxyl groups excluding tert-OH is 4. The number of ether oxygens (including phenoxy) is 4. The first-order valence-electron chi connectivity index (χ1n) is 29.0. The number of hydrogen-bond donors (Lipinski definition) is 4. The number of rotatable bonds is 50. The lowest BCUT2D eigenvalue weighted by Crippen LogP contribution is -2.59. The van der Waals surface area contributed by atoms with Gasteiger partial charge in [-0.15, -0.1) is 0 Å². The second-order valence-corrected chi connectivity index (χ2v) is 19.7. The molecule has 0 spiro atoms. The number of carbonyl (C=O) groups excluding carboxylic acids is 1. The fraction of sp³-hybridized carbons (Fsp3) is 0.787. The zero-order valence-electron chi connectivity index (χ0n) is 45.0. The summed E-state index contributed by atoms with van der Waals surface area (Å²) in [5.41, 5.74) is 0. The van der Waals surface area contributed by atoms with Crippen LogP contribution in [-0.4, -0.2) is 89.6 Å². The highest BCUT2D eigenvalue weighted by Gasteiger charge is 2.44. The van der Waals surface area contributed by atoms with Crippen LogP contribution in [0.25, 0.3) is 0 Å². The lowest BCUT2D eigenvalue weighted by molar-refractivity contribution is -0.305. The molecule has 1 rings (SSSR count). The minimum atomic E-state index is -1.54. The van der Waals surface area contributed by atoms with Gasteiger partial charge in [0.2, 0.25) is 0 Å². The maximum Gasteiger partial charge on any atom is 0.306 e. The molecule has 0 aromatic heterocycles. The predicted octanol–water partition coefficient (Wildman–Crippen LogP) is 15.2. The highest BCUT2D eigenvalue weighted by Crippen LogP contribution is 2.23. The van der Waals surface area contributed by atoms with Crippen molar-refractivity contribution in [3.63, 3.8) is 0 Å². The molecule has 6 atom stereocenters. The number of carbonyl (C=O) groups is 1. The molecule has 0 bridgehead atoms. The highest BCUT2D eigenvalue weighted by atomic mass is 16.7. The van der Waals surface area contributed by atoms with Gasteiger partial charge in [0.05, 0.1) is 19.8 Å². The minimum Gasteiger partial charge on any atom is -0.457 e. The van der Waals surface area contributed by atoms with E-state index in [0.717, 1.165) is 70.6 Å². The summed E-state index contributed by atoms with van der Waals surface area (Å²) in [6.07, 6.45) is 62.3. The van der Waals surface area contributed by atoms with Crippen LogP contribution < -0.4 is 0 Å². The zero-order valence-corrected chi connectivity index (χ0v) is 45.0. The van der Waals surface area contributed by atoms with Crippen LogP contribution in [0.1, 0.15) is 245 Å². The second-order valence-electron chi connectivity index (χ2n) is 19.7. The summed E-state index contributed by atoms with van der Waals surface area (Å²) in [4.78, 5) is 12.9. The summed E-state index contributed by atoms with van der Waals surface area (Å²) in [7, 11) is 0. The largest absolute Gasteiger partial charge is 0.457 e. The Morgan fingerprint density at radius 2 is 0.871 bits per heavy atom. The normalized spacial score (nSPS) is 19.4. The van der Waals surface area contributed by atoms with Crippen LogP contribution in [0.15, 0.2) is 72.9 Å². The van der Waals surface area contributed by atoms with E-state index in [0.29, 0.717) is 13.0 Å². The van der Waals surface area contributed by atoms with Crippen molar-refractivity contribution >= 4 is 5.97 Å². The average molecular weight is 986 g/mol. The summed E-state index contributed by atoms with van der Waals surface area (Å²) in [6, 6.07) is 0. The molecule has 1 fully saturated rings. The Balaban J connectivity index is 2.15. The highest BCUT2D eigenvalue weighted by molar-refractivity contribution is 5.69. The van der Waals surface area contributed by atoms with E-state index in [2.05, 4.69) is 86.8 Å². The van der Waals surface area contributed by atoms with Crippen molar-refractivity contribution in [1.82, 2.24) is 0 Å². The third-order valence-corrected chi connectivity index (χ3v) is 13.1. The van der Waals surface area contributed by atoms with Crippen LogP contribution >= 0.6 is 0 Å². The van der Waals surface area contributed by atoms with Crippen molar-refractivity contribution in [3.05, 3.63) is 72.9 Å². The maximum atomic E-state index is 12.9. The van der Waals surface area contributed by atoms with Crippen LogP contribution in [0.2, 0.25) is 0 Å². The van der Waals surface area contributed by atoms with Gasteiger partial charge in [-0.1, -0.05) is 228 Å². The molecule has 0 saturated carbocycles.